The van der Waals surface area contributed by atoms with E-state index >= 15 is 0 Å². The number of anilines is 1. The van der Waals surface area contributed by atoms with E-state index in [9.17, 15) is 0 Å². The number of nitriles is 1. The molecular formula is C16H24N4. The van der Waals surface area contributed by atoms with Crippen molar-refractivity contribution in [2.24, 2.45) is 5.92 Å². The third-order valence-corrected chi connectivity index (χ3v) is 3.73. The molecule has 1 aromatic heterocycles. The van der Waals surface area contributed by atoms with Gasteiger partial charge in [-0.05, 0) is 31.6 Å². The van der Waals surface area contributed by atoms with E-state index in [0.29, 0.717) is 12.3 Å². The van der Waals surface area contributed by atoms with Crippen molar-refractivity contribution in [1.29, 1.82) is 5.26 Å². The lowest BCUT2D eigenvalue weighted by Gasteiger charge is -2.27. The van der Waals surface area contributed by atoms with Crippen molar-refractivity contribution in [2.45, 2.75) is 52.4 Å². The standard InChI is InChI=1S/C16H24N4/c1-13(2)11-20(10-6-9-17)16-14-7-4-3-5-8-15(14)18-12-19-16/h12-13H,3-8,10-11H2,1-2H3. The third kappa shape index (κ3) is 3.69. The zero-order valence-corrected chi connectivity index (χ0v) is 12.6. The lowest BCUT2D eigenvalue weighted by atomic mass is 10.1. The second-order valence-corrected chi connectivity index (χ2v) is 5.93. The Morgan fingerprint density at radius 2 is 2.05 bits per heavy atom. The molecule has 0 unspecified atom stereocenters. The summed E-state index contributed by atoms with van der Waals surface area (Å²) >= 11 is 0. The molecule has 1 aliphatic carbocycles. The largest absolute Gasteiger partial charge is 0.355 e. The highest BCUT2D eigenvalue weighted by Crippen LogP contribution is 2.27. The van der Waals surface area contributed by atoms with Gasteiger partial charge in [-0.3, -0.25) is 0 Å². The van der Waals surface area contributed by atoms with Gasteiger partial charge in [-0.2, -0.15) is 5.26 Å². The van der Waals surface area contributed by atoms with E-state index < -0.39 is 0 Å². The van der Waals surface area contributed by atoms with Crippen molar-refractivity contribution in [1.82, 2.24) is 9.97 Å². The van der Waals surface area contributed by atoms with Gasteiger partial charge in [-0.1, -0.05) is 20.3 Å². The van der Waals surface area contributed by atoms with Crippen LogP contribution in [-0.4, -0.2) is 23.1 Å². The molecule has 1 heterocycles. The average Bonchev–Trinajstić information content (AvgIpc) is 2.68. The Balaban J connectivity index is 2.29. The molecule has 2 rings (SSSR count). The highest BCUT2D eigenvalue weighted by Gasteiger charge is 2.19. The number of nitrogens with zero attached hydrogens (tertiary/aromatic N) is 4. The van der Waals surface area contributed by atoms with Gasteiger partial charge in [0.25, 0.3) is 0 Å². The molecule has 4 nitrogen and oxygen atoms in total. The number of fused-ring (bicyclic) bond motifs is 1. The van der Waals surface area contributed by atoms with E-state index in [4.69, 9.17) is 5.26 Å². The van der Waals surface area contributed by atoms with Crippen LogP contribution in [0.15, 0.2) is 6.33 Å². The van der Waals surface area contributed by atoms with Crippen LogP contribution in [0.25, 0.3) is 0 Å². The van der Waals surface area contributed by atoms with Crippen LogP contribution in [0, 0.1) is 17.2 Å². The summed E-state index contributed by atoms with van der Waals surface area (Å²) in [6.45, 7) is 6.13. The summed E-state index contributed by atoms with van der Waals surface area (Å²) in [6.07, 6.45) is 8.11. The first-order valence-electron chi connectivity index (χ1n) is 7.67. The molecule has 0 N–H and O–H groups in total. The molecule has 20 heavy (non-hydrogen) atoms. The first-order chi connectivity index (χ1) is 9.72. The lowest BCUT2D eigenvalue weighted by molar-refractivity contribution is 0.604. The first kappa shape index (κ1) is 14.8. The molecule has 0 aromatic carbocycles. The smallest absolute Gasteiger partial charge is 0.135 e. The summed E-state index contributed by atoms with van der Waals surface area (Å²) in [4.78, 5) is 11.3. The molecule has 0 saturated carbocycles. The van der Waals surface area contributed by atoms with Crippen LogP contribution in [0.1, 0.15) is 50.8 Å². The van der Waals surface area contributed by atoms with Gasteiger partial charge in [0.2, 0.25) is 0 Å². The molecule has 1 aromatic rings. The Hall–Kier alpha value is -1.63. The minimum atomic E-state index is 0.547. The SMILES string of the molecule is CC(C)CN(CCC#N)c1ncnc2c1CCCCC2. The summed E-state index contributed by atoms with van der Waals surface area (Å²) in [7, 11) is 0. The number of hydrogen-bond donors (Lipinski definition) is 0. The van der Waals surface area contributed by atoms with Crippen molar-refractivity contribution in [3.63, 3.8) is 0 Å². The monoisotopic (exact) mass is 272 g/mol. The van der Waals surface area contributed by atoms with Crippen molar-refractivity contribution >= 4 is 5.82 Å². The number of aromatic nitrogens is 2. The zero-order valence-electron chi connectivity index (χ0n) is 12.6. The molecule has 0 saturated heterocycles. The summed E-state index contributed by atoms with van der Waals surface area (Å²) in [5, 5.41) is 8.87. The minimum absolute atomic E-state index is 0.547. The quantitative estimate of drug-likeness (QED) is 0.773. The Morgan fingerprint density at radius 1 is 1.25 bits per heavy atom. The zero-order chi connectivity index (χ0) is 14.4. The summed E-state index contributed by atoms with van der Waals surface area (Å²) in [5.41, 5.74) is 2.54. The Bertz CT molecular complexity index is 476. The van der Waals surface area contributed by atoms with Crippen LogP contribution in [0.4, 0.5) is 5.82 Å². The minimum Gasteiger partial charge on any atom is -0.355 e. The lowest BCUT2D eigenvalue weighted by Crippen LogP contribution is -2.30. The fourth-order valence-electron chi connectivity index (χ4n) is 2.86. The molecule has 1 aliphatic rings. The maximum absolute atomic E-state index is 8.87. The van der Waals surface area contributed by atoms with Gasteiger partial charge in [0.15, 0.2) is 0 Å². The molecule has 0 radical (unpaired) electrons. The highest BCUT2D eigenvalue weighted by atomic mass is 15.2. The number of rotatable bonds is 5. The third-order valence-electron chi connectivity index (χ3n) is 3.73. The molecule has 4 heteroatoms. The molecule has 0 bridgehead atoms. The molecule has 0 atom stereocenters. The summed E-state index contributed by atoms with van der Waals surface area (Å²) in [5.74, 6) is 1.63. The fraction of sp³-hybridized carbons (Fsp3) is 0.688. The van der Waals surface area contributed by atoms with Crippen LogP contribution in [0.3, 0.4) is 0 Å². The van der Waals surface area contributed by atoms with Gasteiger partial charge in [0.1, 0.15) is 12.1 Å². The Kier molecular flexibility index (Phi) is 5.34. The average molecular weight is 272 g/mol. The Labute approximate surface area is 121 Å². The van der Waals surface area contributed by atoms with E-state index in [1.165, 1.54) is 30.5 Å². The van der Waals surface area contributed by atoms with Crippen molar-refractivity contribution in [2.75, 3.05) is 18.0 Å². The topological polar surface area (TPSA) is 52.8 Å². The van der Waals surface area contributed by atoms with Crippen molar-refractivity contribution in [3.05, 3.63) is 17.6 Å². The molecule has 0 aliphatic heterocycles. The van der Waals surface area contributed by atoms with Gasteiger partial charge in [0, 0.05) is 24.3 Å². The van der Waals surface area contributed by atoms with Crippen LogP contribution in [0.2, 0.25) is 0 Å². The predicted octanol–water partition coefficient (Wildman–Crippen LogP) is 3.12. The van der Waals surface area contributed by atoms with Crippen molar-refractivity contribution in [3.8, 4) is 6.07 Å². The van der Waals surface area contributed by atoms with E-state index in [2.05, 4.69) is 34.8 Å². The first-order valence-corrected chi connectivity index (χ1v) is 7.67. The molecule has 0 spiro atoms. The van der Waals surface area contributed by atoms with E-state index in [0.717, 1.165) is 31.7 Å². The van der Waals surface area contributed by atoms with E-state index in [1.54, 1.807) is 6.33 Å². The van der Waals surface area contributed by atoms with Crippen LogP contribution >= 0.6 is 0 Å². The van der Waals surface area contributed by atoms with Gasteiger partial charge >= 0.3 is 0 Å². The molecular weight excluding hydrogens is 248 g/mol. The fourth-order valence-corrected chi connectivity index (χ4v) is 2.86. The molecule has 0 amide bonds. The van der Waals surface area contributed by atoms with Crippen LogP contribution in [-0.2, 0) is 12.8 Å². The van der Waals surface area contributed by atoms with Gasteiger partial charge < -0.3 is 4.90 Å². The predicted molar refractivity (Wildman–Crippen MR) is 80.6 cm³/mol. The van der Waals surface area contributed by atoms with Crippen LogP contribution < -0.4 is 4.90 Å². The van der Waals surface area contributed by atoms with Crippen molar-refractivity contribution < 1.29 is 0 Å². The molecule has 0 fully saturated rings. The number of aryl methyl sites for hydroxylation is 1. The summed E-state index contributed by atoms with van der Waals surface area (Å²) in [6, 6.07) is 2.25. The maximum atomic E-state index is 8.87. The van der Waals surface area contributed by atoms with Gasteiger partial charge in [-0.25, -0.2) is 9.97 Å². The van der Waals surface area contributed by atoms with Gasteiger partial charge in [-0.15, -0.1) is 0 Å². The number of hydrogen-bond acceptors (Lipinski definition) is 4. The highest BCUT2D eigenvalue weighted by molar-refractivity contribution is 5.49. The molecule has 108 valence electrons. The maximum Gasteiger partial charge on any atom is 0.135 e. The second kappa shape index (κ2) is 7.23. The summed E-state index contributed by atoms with van der Waals surface area (Å²) < 4.78 is 0. The van der Waals surface area contributed by atoms with E-state index in [-0.39, 0.29) is 0 Å². The Morgan fingerprint density at radius 3 is 2.80 bits per heavy atom. The van der Waals surface area contributed by atoms with E-state index in [1.807, 2.05) is 0 Å². The second-order valence-electron chi connectivity index (χ2n) is 5.93. The van der Waals surface area contributed by atoms with Gasteiger partial charge in [0.05, 0.1) is 12.5 Å². The van der Waals surface area contributed by atoms with Crippen LogP contribution in [0.5, 0.6) is 0 Å². The normalized spacial score (nSPS) is 14.5.